The second kappa shape index (κ2) is 4.22. The van der Waals surface area contributed by atoms with Gasteiger partial charge in [-0.25, -0.2) is 0 Å². The standard InChI is InChI=1S/C8H6Cl2N2O/c1-2-3-11-8(13)6-4-5(9)7(10)12-6/h1,4,12H,3H2,(H,11,13). The summed E-state index contributed by atoms with van der Waals surface area (Å²) in [7, 11) is 0. The normalized spacial score (nSPS) is 9.31. The first-order valence-corrected chi connectivity index (χ1v) is 4.16. The Morgan fingerprint density at radius 3 is 2.85 bits per heavy atom. The molecular formula is C8H6Cl2N2O. The molecule has 0 saturated heterocycles. The van der Waals surface area contributed by atoms with Gasteiger partial charge in [-0.05, 0) is 6.07 Å². The van der Waals surface area contributed by atoms with Crippen LogP contribution in [0.1, 0.15) is 10.5 Å². The number of halogens is 2. The van der Waals surface area contributed by atoms with Crippen molar-refractivity contribution >= 4 is 29.1 Å². The van der Waals surface area contributed by atoms with Gasteiger partial charge < -0.3 is 10.3 Å². The summed E-state index contributed by atoms with van der Waals surface area (Å²) in [5.41, 5.74) is 0.297. The molecule has 0 aliphatic heterocycles. The third-order valence-corrected chi connectivity index (χ3v) is 2.01. The maximum atomic E-state index is 11.2. The Balaban J connectivity index is 2.73. The smallest absolute Gasteiger partial charge is 0.268 e. The first kappa shape index (κ1) is 9.97. The molecule has 0 fully saturated rings. The number of nitrogens with one attached hydrogen (secondary N) is 2. The van der Waals surface area contributed by atoms with Crippen molar-refractivity contribution < 1.29 is 4.79 Å². The molecule has 0 radical (unpaired) electrons. The summed E-state index contributed by atoms with van der Waals surface area (Å²) in [6.45, 7) is 0.174. The van der Waals surface area contributed by atoms with Crippen molar-refractivity contribution in [3.63, 3.8) is 0 Å². The van der Waals surface area contributed by atoms with Crippen LogP contribution in [0.2, 0.25) is 10.2 Å². The fourth-order valence-electron chi connectivity index (χ4n) is 0.753. The van der Waals surface area contributed by atoms with E-state index in [1.807, 2.05) is 0 Å². The lowest BCUT2D eigenvalue weighted by molar-refractivity contribution is 0.0954. The highest BCUT2D eigenvalue weighted by atomic mass is 35.5. The van der Waals surface area contributed by atoms with Crippen LogP contribution in [0.5, 0.6) is 0 Å². The van der Waals surface area contributed by atoms with Crippen LogP contribution in [0.25, 0.3) is 0 Å². The SMILES string of the molecule is C#CCNC(=O)c1cc(Cl)c(Cl)[nH]1. The van der Waals surface area contributed by atoms with Crippen LogP contribution in [0, 0.1) is 12.3 Å². The average molecular weight is 217 g/mol. The number of terminal acetylenes is 1. The number of carbonyl (C=O) groups excluding carboxylic acids is 1. The van der Waals surface area contributed by atoms with E-state index in [1.165, 1.54) is 6.07 Å². The first-order valence-electron chi connectivity index (χ1n) is 3.41. The molecule has 1 heterocycles. The molecule has 0 aliphatic rings. The van der Waals surface area contributed by atoms with Crippen LogP contribution in [-0.2, 0) is 0 Å². The predicted molar refractivity (Wildman–Crippen MR) is 52.0 cm³/mol. The van der Waals surface area contributed by atoms with E-state index in [0.717, 1.165) is 0 Å². The van der Waals surface area contributed by atoms with Crippen molar-refractivity contribution in [1.29, 1.82) is 0 Å². The zero-order valence-electron chi connectivity index (χ0n) is 6.53. The van der Waals surface area contributed by atoms with Gasteiger partial charge in [0.25, 0.3) is 5.91 Å². The largest absolute Gasteiger partial charge is 0.340 e. The van der Waals surface area contributed by atoms with Crippen LogP contribution in [0.3, 0.4) is 0 Å². The average Bonchev–Trinajstić information content (AvgIpc) is 2.43. The number of rotatable bonds is 2. The first-order chi connectivity index (χ1) is 6.15. The Labute approximate surface area is 85.4 Å². The highest BCUT2D eigenvalue weighted by Gasteiger charge is 2.09. The Bertz CT molecular complexity index is 345. The summed E-state index contributed by atoms with van der Waals surface area (Å²) >= 11 is 11.2. The summed E-state index contributed by atoms with van der Waals surface area (Å²) in [6, 6.07) is 1.44. The molecule has 5 heteroatoms. The Hall–Kier alpha value is -1.11. The number of carbonyl (C=O) groups is 1. The van der Waals surface area contributed by atoms with Crippen molar-refractivity contribution in [1.82, 2.24) is 10.3 Å². The maximum Gasteiger partial charge on any atom is 0.268 e. The lowest BCUT2D eigenvalue weighted by atomic mass is 10.4. The molecule has 2 N–H and O–H groups in total. The van der Waals surface area contributed by atoms with Crippen LogP contribution in [0.4, 0.5) is 0 Å². The van der Waals surface area contributed by atoms with Gasteiger partial charge in [0.2, 0.25) is 0 Å². The van der Waals surface area contributed by atoms with Crippen LogP contribution in [0.15, 0.2) is 6.07 Å². The molecule has 0 spiro atoms. The molecule has 1 aromatic rings. The monoisotopic (exact) mass is 216 g/mol. The van der Waals surface area contributed by atoms with Gasteiger partial charge in [0.1, 0.15) is 10.8 Å². The molecule has 0 aliphatic carbocycles. The van der Waals surface area contributed by atoms with Gasteiger partial charge in [-0.1, -0.05) is 29.1 Å². The second-order valence-corrected chi connectivity index (χ2v) is 3.02. The van der Waals surface area contributed by atoms with Crippen LogP contribution in [-0.4, -0.2) is 17.4 Å². The van der Waals surface area contributed by atoms with Gasteiger partial charge in [0.05, 0.1) is 11.6 Å². The number of aromatic amines is 1. The highest BCUT2D eigenvalue weighted by molar-refractivity contribution is 6.41. The van der Waals surface area contributed by atoms with E-state index in [9.17, 15) is 4.79 Å². The number of hydrogen-bond donors (Lipinski definition) is 2. The minimum atomic E-state index is -0.327. The molecule has 1 amide bonds. The molecule has 0 bridgehead atoms. The van der Waals surface area contributed by atoms with Gasteiger partial charge in [-0.3, -0.25) is 4.79 Å². The van der Waals surface area contributed by atoms with Gasteiger partial charge in [0, 0.05) is 0 Å². The van der Waals surface area contributed by atoms with Gasteiger partial charge in [0.15, 0.2) is 0 Å². The summed E-state index contributed by atoms with van der Waals surface area (Å²) in [6.07, 6.45) is 4.96. The lowest BCUT2D eigenvalue weighted by Crippen LogP contribution is -2.23. The quantitative estimate of drug-likeness (QED) is 0.727. The Morgan fingerprint density at radius 1 is 1.69 bits per heavy atom. The predicted octanol–water partition coefficient (Wildman–Crippen LogP) is 1.68. The summed E-state index contributed by atoms with van der Waals surface area (Å²) in [4.78, 5) is 13.8. The van der Waals surface area contributed by atoms with E-state index < -0.39 is 0 Å². The third kappa shape index (κ3) is 2.41. The van der Waals surface area contributed by atoms with Gasteiger partial charge in [-0.15, -0.1) is 6.42 Å². The number of aromatic nitrogens is 1. The molecule has 0 unspecified atom stereocenters. The van der Waals surface area contributed by atoms with Crippen molar-refractivity contribution in [2.24, 2.45) is 0 Å². The summed E-state index contributed by atoms with van der Waals surface area (Å²) in [5.74, 6) is 1.95. The number of hydrogen-bond acceptors (Lipinski definition) is 1. The maximum absolute atomic E-state index is 11.2. The fraction of sp³-hybridized carbons (Fsp3) is 0.125. The topological polar surface area (TPSA) is 44.9 Å². The molecular weight excluding hydrogens is 211 g/mol. The van der Waals surface area contributed by atoms with Crippen molar-refractivity contribution in [2.45, 2.75) is 0 Å². The lowest BCUT2D eigenvalue weighted by Gasteiger charge is -1.96. The fourth-order valence-corrected chi connectivity index (χ4v) is 1.07. The molecule has 1 aromatic heterocycles. The van der Waals surface area contributed by atoms with E-state index in [0.29, 0.717) is 10.7 Å². The minimum absolute atomic E-state index is 0.174. The summed E-state index contributed by atoms with van der Waals surface area (Å²) in [5, 5.41) is 3.02. The highest BCUT2D eigenvalue weighted by Crippen LogP contribution is 2.21. The minimum Gasteiger partial charge on any atom is -0.340 e. The van der Waals surface area contributed by atoms with E-state index in [4.69, 9.17) is 29.6 Å². The van der Waals surface area contributed by atoms with E-state index in [1.54, 1.807) is 0 Å². The molecule has 0 saturated carbocycles. The van der Waals surface area contributed by atoms with Crippen molar-refractivity contribution in [3.05, 3.63) is 21.9 Å². The molecule has 0 aromatic carbocycles. The second-order valence-electron chi connectivity index (χ2n) is 2.23. The molecule has 3 nitrogen and oxygen atoms in total. The van der Waals surface area contributed by atoms with Crippen molar-refractivity contribution in [2.75, 3.05) is 6.54 Å². The van der Waals surface area contributed by atoms with E-state index in [2.05, 4.69) is 16.2 Å². The summed E-state index contributed by atoms with van der Waals surface area (Å²) < 4.78 is 0. The van der Waals surface area contributed by atoms with E-state index >= 15 is 0 Å². The van der Waals surface area contributed by atoms with Gasteiger partial charge >= 0.3 is 0 Å². The van der Waals surface area contributed by atoms with Crippen molar-refractivity contribution in [3.8, 4) is 12.3 Å². The zero-order valence-corrected chi connectivity index (χ0v) is 8.04. The number of H-pyrrole nitrogens is 1. The number of amides is 1. The molecule has 13 heavy (non-hydrogen) atoms. The molecule has 1 rings (SSSR count). The van der Waals surface area contributed by atoms with Gasteiger partial charge in [-0.2, -0.15) is 0 Å². The van der Waals surface area contributed by atoms with Crippen LogP contribution >= 0.6 is 23.2 Å². The molecule has 68 valence electrons. The van der Waals surface area contributed by atoms with E-state index in [-0.39, 0.29) is 17.6 Å². The van der Waals surface area contributed by atoms with Crippen LogP contribution < -0.4 is 5.32 Å². The molecule has 0 atom stereocenters. The zero-order chi connectivity index (χ0) is 9.84. The Kier molecular flexibility index (Phi) is 3.24. The Morgan fingerprint density at radius 2 is 2.38 bits per heavy atom. The third-order valence-electron chi connectivity index (χ3n) is 1.32.